The molecule has 0 aliphatic rings. The summed E-state index contributed by atoms with van der Waals surface area (Å²) in [6, 6.07) is -1.28. The van der Waals surface area contributed by atoms with Gasteiger partial charge in [-0.05, 0) is 33.6 Å². The van der Waals surface area contributed by atoms with Crippen molar-refractivity contribution in [1.82, 2.24) is 5.32 Å². The molecule has 0 fully saturated rings. The quantitative estimate of drug-likeness (QED) is 0.123. The van der Waals surface area contributed by atoms with Gasteiger partial charge in [-0.1, -0.05) is 0 Å². The minimum absolute atomic E-state index is 0.538. The molecule has 0 saturated carbocycles. The molecule has 0 radical (unpaired) electrons. The van der Waals surface area contributed by atoms with Crippen molar-refractivity contribution < 1.29 is 72.5 Å². The summed E-state index contributed by atoms with van der Waals surface area (Å²) in [5.41, 5.74) is -1.05. The van der Waals surface area contributed by atoms with Gasteiger partial charge in [0.2, 0.25) is 69.7 Å². The highest BCUT2D eigenvalue weighted by molar-refractivity contribution is 5.74. The molecule has 41 heavy (non-hydrogen) atoms. The lowest BCUT2D eigenvalue weighted by Crippen LogP contribution is -2.40. The molecule has 7 nitrogen and oxygen atoms in total. The SMILES string of the molecule is CC(C)(C)OC(=O)NC(CCC(=O)Oc1c(F)c(F)c(F)c(F)c1F)CCC(=O)Oc1c(F)c(F)c(F)c(F)c1F. The van der Waals surface area contributed by atoms with Crippen LogP contribution in [0.2, 0.25) is 0 Å². The summed E-state index contributed by atoms with van der Waals surface area (Å²) in [5, 5.41) is 2.20. The predicted octanol–water partition coefficient (Wildman–Crippen LogP) is 6.04. The third-order valence-corrected chi connectivity index (χ3v) is 4.89. The fourth-order valence-corrected chi connectivity index (χ4v) is 3.03. The van der Waals surface area contributed by atoms with Gasteiger partial charge in [0.1, 0.15) is 5.60 Å². The third kappa shape index (κ3) is 8.23. The highest BCUT2D eigenvalue weighted by atomic mass is 19.2. The van der Waals surface area contributed by atoms with Crippen LogP contribution >= 0.6 is 0 Å². The Hall–Kier alpha value is -4.05. The number of carbonyl (C=O) groups is 3. The average Bonchev–Trinajstić information content (AvgIpc) is 2.89. The van der Waals surface area contributed by atoms with Gasteiger partial charge in [-0.15, -0.1) is 0 Å². The smallest absolute Gasteiger partial charge is 0.407 e. The standard InChI is InChI=1S/C24H19F10NO6/c1-24(2,3)41-23(38)35-8(4-6-9(36)39-21-17(31)13(27)11(25)14(28)18(21)32)5-7-10(37)40-22-19(33)15(29)12(26)16(30)20(22)34/h8H,4-7H2,1-3H3,(H,35,38). The molecule has 2 rings (SSSR count). The number of carbonyl (C=O) groups excluding carboxylic acids is 3. The van der Waals surface area contributed by atoms with Crippen LogP contribution in [0, 0.1) is 58.2 Å². The van der Waals surface area contributed by atoms with Gasteiger partial charge in [-0.25, -0.2) is 31.1 Å². The maximum absolute atomic E-state index is 13.8. The van der Waals surface area contributed by atoms with E-state index >= 15 is 0 Å². The van der Waals surface area contributed by atoms with Crippen molar-refractivity contribution in [3.8, 4) is 11.5 Å². The second-order valence-corrected chi connectivity index (χ2v) is 9.17. The van der Waals surface area contributed by atoms with Crippen molar-refractivity contribution >= 4 is 18.0 Å². The summed E-state index contributed by atoms with van der Waals surface area (Å²) >= 11 is 0. The van der Waals surface area contributed by atoms with E-state index in [0.29, 0.717) is 0 Å². The molecule has 0 aliphatic heterocycles. The number of alkyl carbamates (subject to hydrolysis) is 1. The monoisotopic (exact) mass is 607 g/mol. The van der Waals surface area contributed by atoms with Gasteiger partial charge < -0.3 is 19.5 Å². The highest BCUT2D eigenvalue weighted by Crippen LogP contribution is 2.31. The Balaban J connectivity index is 2.15. The van der Waals surface area contributed by atoms with E-state index in [1.807, 2.05) is 0 Å². The van der Waals surface area contributed by atoms with Crippen LogP contribution in [0.1, 0.15) is 46.5 Å². The summed E-state index contributed by atoms with van der Waals surface area (Å²) in [6.07, 6.45) is -3.94. The van der Waals surface area contributed by atoms with E-state index in [1.54, 1.807) is 0 Å². The van der Waals surface area contributed by atoms with Crippen LogP contribution in [0.3, 0.4) is 0 Å². The zero-order valence-corrected chi connectivity index (χ0v) is 21.1. The number of amides is 1. The van der Waals surface area contributed by atoms with Gasteiger partial charge in [0.25, 0.3) is 0 Å². The first kappa shape index (κ1) is 33.2. The van der Waals surface area contributed by atoms with Crippen LogP contribution < -0.4 is 14.8 Å². The molecule has 0 bridgehead atoms. The Morgan fingerprint density at radius 2 is 0.878 bits per heavy atom. The second-order valence-electron chi connectivity index (χ2n) is 9.17. The van der Waals surface area contributed by atoms with Gasteiger partial charge in [0.15, 0.2) is 0 Å². The number of hydrogen-bond donors (Lipinski definition) is 1. The first-order valence-corrected chi connectivity index (χ1v) is 11.3. The lowest BCUT2D eigenvalue weighted by Gasteiger charge is -2.23. The number of benzene rings is 2. The Kier molecular flexibility index (Phi) is 10.6. The minimum Gasteiger partial charge on any atom is -0.444 e. The fraction of sp³-hybridized carbons (Fsp3) is 0.375. The normalized spacial score (nSPS) is 11.5. The molecular formula is C24H19F10NO6. The predicted molar refractivity (Wildman–Crippen MR) is 115 cm³/mol. The molecule has 1 N–H and O–H groups in total. The number of esters is 2. The van der Waals surface area contributed by atoms with Gasteiger partial charge in [0.05, 0.1) is 0 Å². The van der Waals surface area contributed by atoms with Crippen molar-refractivity contribution in [2.24, 2.45) is 0 Å². The number of nitrogens with one attached hydrogen (secondary N) is 1. The van der Waals surface area contributed by atoms with E-state index in [4.69, 9.17) is 4.74 Å². The molecule has 2 aromatic rings. The number of rotatable bonds is 9. The van der Waals surface area contributed by atoms with Crippen molar-refractivity contribution in [3.05, 3.63) is 58.2 Å². The molecule has 2 aromatic carbocycles. The van der Waals surface area contributed by atoms with E-state index < -0.39 is 125 Å². The molecule has 0 spiro atoms. The van der Waals surface area contributed by atoms with E-state index in [-0.39, 0.29) is 0 Å². The van der Waals surface area contributed by atoms with Crippen LogP contribution in [0.4, 0.5) is 48.7 Å². The summed E-state index contributed by atoms with van der Waals surface area (Å²) in [4.78, 5) is 36.3. The molecule has 0 atom stereocenters. The van der Waals surface area contributed by atoms with Crippen LogP contribution in [-0.4, -0.2) is 29.7 Å². The zero-order chi connectivity index (χ0) is 31.4. The fourth-order valence-electron chi connectivity index (χ4n) is 3.03. The number of ether oxygens (including phenoxy) is 3. The lowest BCUT2D eigenvalue weighted by molar-refractivity contribution is -0.135. The first-order valence-electron chi connectivity index (χ1n) is 11.3. The molecule has 226 valence electrons. The van der Waals surface area contributed by atoms with Crippen LogP contribution in [0.15, 0.2) is 0 Å². The van der Waals surface area contributed by atoms with Crippen LogP contribution in [-0.2, 0) is 14.3 Å². The van der Waals surface area contributed by atoms with Gasteiger partial charge >= 0.3 is 18.0 Å². The number of halogens is 10. The Labute approximate surface area is 224 Å². The molecule has 0 aliphatic carbocycles. The summed E-state index contributed by atoms with van der Waals surface area (Å²) in [6.45, 7) is 4.39. The summed E-state index contributed by atoms with van der Waals surface area (Å²) in [7, 11) is 0. The zero-order valence-electron chi connectivity index (χ0n) is 21.1. The Bertz CT molecular complexity index is 1220. The van der Waals surface area contributed by atoms with Gasteiger partial charge in [-0.2, -0.15) is 17.6 Å². The summed E-state index contributed by atoms with van der Waals surface area (Å²) < 4.78 is 148. The van der Waals surface area contributed by atoms with E-state index in [2.05, 4.69) is 14.8 Å². The summed E-state index contributed by atoms with van der Waals surface area (Å²) in [5.74, 6) is -31.2. The largest absolute Gasteiger partial charge is 0.444 e. The topological polar surface area (TPSA) is 90.9 Å². The molecular weight excluding hydrogens is 588 g/mol. The molecule has 1 amide bonds. The molecule has 17 heteroatoms. The molecule has 0 heterocycles. The maximum atomic E-state index is 13.8. The average molecular weight is 607 g/mol. The van der Waals surface area contributed by atoms with Crippen molar-refractivity contribution in [2.45, 2.75) is 58.1 Å². The van der Waals surface area contributed by atoms with Gasteiger partial charge in [-0.3, -0.25) is 9.59 Å². The minimum atomic E-state index is -2.50. The van der Waals surface area contributed by atoms with E-state index in [1.165, 1.54) is 20.8 Å². The highest BCUT2D eigenvalue weighted by Gasteiger charge is 2.31. The lowest BCUT2D eigenvalue weighted by atomic mass is 10.1. The molecule has 0 saturated heterocycles. The maximum Gasteiger partial charge on any atom is 0.407 e. The van der Waals surface area contributed by atoms with E-state index in [0.717, 1.165) is 0 Å². The van der Waals surface area contributed by atoms with Gasteiger partial charge in [0, 0.05) is 18.9 Å². The third-order valence-electron chi connectivity index (χ3n) is 4.89. The van der Waals surface area contributed by atoms with E-state index in [9.17, 15) is 58.3 Å². The van der Waals surface area contributed by atoms with Crippen molar-refractivity contribution in [3.63, 3.8) is 0 Å². The second kappa shape index (κ2) is 13.1. The van der Waals surface area contributed by atoms with Crippen LogP contribution in [0.25, 0.3) is 0 Å². The Morgan fingerprint density at radius 3 is 1.17 bits per heavy atom. The molecule has 0 unspecified atom stereocenters. The van der Waals surface area contributed by atoms with Crippen molar-refractivity contribution in [1.29, 1.82) is 0 Å². The Morgan fingerprint density at radius 1 is 0.585 bits per heavy atom. The number of hydrogen-bond acceptors (Lipinski definition) is 6. The van der Waals surface area contributed by atoms with Crippen LogP contribution in [0.5, 0.6) is 11.5 Å². The van der Waals surface area contributed by atoms with Crippen molar-refractivity contribution in [2.75, 3.05) is 0 Å². The molecule has 0 aromatic heterocycles. The first-order chi connectivity index (χ1) is 18.8.